The Kier molecular flexibility index (Phi) is 4.44. The number of rotatable bonds is 5. The number of hydrogen-bond donors (Lipinski definition) is 3. The van der Waals surface area contributed by atoms with Gasteiger partial charge in [-0.3, -0.25) is 14.7 Å². The summed E-state index contributed by atoms with van der Waals surface area (Å²) in [5, 5.41) is 19.3. The van der Waals surface area contributed by atoms with Crippen LogP contribution in [0, 0.1) is 11.8 Å². The molecule has 7 nitrogen and oxygen atoms in total. The van der Waals surface area contributed by atoms with E-state index in [9.17, 15) is 9.59 Å². The maximum absolute atomic E-state index is 12.5. The molecule has 1 heterocycles. The highest BCUT2D eigenvalue weighted by Gasteiger charge is 2.30. The van der Waals surface area contributed by atoms with Gasteiger partial charge in [0.2, 0.25) is 5.91 Å². The maximum atomic E-state index is 12.5. The van der Waals surface area contributed by atoms with Crippen LogP contribution >= 0.6 is 0 Å². The van der Waals surface area contributed by atoms with E-state index in [1.165, 1.54) is 0 Å². The van der Waals surface area contributed by atoms with Gasteiger partial charge in [0.15, 0.2) is 5.82 Å². The fraction of sp³-hybridized carbons (Fsp3) is 0.474. The van der Waals surface area contributed by atoms with Crippen LogP contribution in [0.1, 0.15) is 50.3 Å². The number of anilines is 1. The molecule has 0 aliphatic heterocycles. The van der Waals surface area contributed by atoms with E-state index in [-0.39, 0.29) is 17.7 Å². The molecule has 3 N–H and O–H groups in total. The van der Waals surface area contributed by atoms with Gasteiger partial charge in [0.1, 0.15) is 5.82 Å². The van der Waals surface area contributed by atoms with Crippen molar-refractivity contribution in [3.63, 3.8) is 0 Å². The van der Waals surface area contributed by atoms with Crippen molar-refractivity contribution in [2.45, 2.75) is 44.4 Å². The third-order valence-electron chi connectivity index (χ3n) is 5.30. The third-order valence-corrected chi connectivity index (χ3v) is 5.30. The van der Waals surface area contributed by atoms with Crippen molar-refractivity contribution in [2.24, 2.45) is 11.8 Å². The van der Waals surface area contributed by atoms with Crippen LogP contribution in [0.25, 0.3) is 11.4 Å². The first kappa shape index (κ1) is 16.8. The highest BCUT2D eigenvalue weighted by Crippen LogP contribution is 2.38. The lowest BCUT2D eigenvalue weighted by Crippen LogP contribution is -2.29. The van der Waals surface area contributed by atoms with Crippen molar-refractivity contribution < 1.29 is 14.7 Å². The summed E-state index contributed by atoms with van der Waals surface area (Å²) >= 11 is 0. The van der Waals surface area contributed by atoms with Crippen LogP contribution in [0.5, 0.6) is 0 Å². The number of amides is 1. The molecule has 0 bridgehead atoms. The minimum absolute atomic E-state index is 0.0420. The summed E-state index contributed by atoms with van der Waals surface area (Å²) < 4.78 is 0. The Morgan fingerprint density at radius 3 is 2.50 bits per heavy atom. The molecular weight excluding hydrogens is 332 g/mol. The zero-order chi connectivity index (χ0) is 18.1. The standard InChI is InChI=1S/C19H22N4O3/c24-18(12-6-8-13(9-7-12)19(25)26)20-15-3-1-2-14(10-15)17-21-16(22-23-17)11-4-5-11/h1-3,10-13H,4-9H2,(H,20,24)(H,25,26)(H,21,22,23). The van der Waals surface area contributed by atoms with Crippen molar-refractivity contribution in [1.29, 1.82) is 0 Å². The number of carbonyl (C=O) groups excluding carboxylic acids is 1. The van der Waals surface area contributed by atoms with Crippen molar-refractivity contribution >= 4 is 17.6 Å². The first-order valence-corrected chi connectivity index (χ1v) is 9.16. The molecule has 4 rings (SSSR count). The van der Waals surface area contributed by atoms with E-state index >= 15 is 0 Å². The number of nitrogens with zero attached hydrogens (tertiary/aromatic N) is 2. The molecule has 7 heteroatoms. The number of aromatic amines is 1. The van der Waals surface area contributed by atoms with Crippen LogP contribution < -0.4 is 5.32 Å². The van der Waals surface area contributed by atoms with Gasteiger partial charge in [0.05, 0.1) is 5.92 Å². The highest BCUT2D eigenvalue weighted by atomic mass is 16.4. The molecule has 136 valence electrons. The fourth-order valence-corrected chi connectivity index (χ4v) is 3.53. The molecule has 1 aromatic heterocycles. The molecular formula is C19H22N4O3. The molecule has 0 atom stereocenters. The second-order valence-corrected chi connectivity index (χ2v) is 7.28. The molecule has 2 aliphatic rings. The smallest absolute Gasteiger partial charge is 0.306 e. The van der Waals surface area contributed by atoms with Crippen molar-refractivity contribution in [3.05, 3.63) is 30.1 Å². The van der Waals surface area contributed by atoms with Gasteiger partial charge in [-0.2, -0.15) is 5.10 Å². The van der Waals surface area contributed by atoms with Crippen molar-refractivity contribution in [1.82, 2.24) is 15.2 Å². The van der Waals surface area contributed by atoms with Crippen LogP contribution in [0.2, 0.25) is 0 Å². The first-order chi connectivity index (χ1) is 12.6. The SMILES string of the molecule is O=C(O)C1CCC(C(=O)Nc2cccc(-c3n[nH]c(C4CC4)n3)c2)CC1. The average Bonchev–Trinajstić information content (AvgIpc) is 3.39. The monoisotopic (exact) mass is 354 g/mol. The van der Waals surface area contributed by atoms with E-state index in [0.29, 0.717) is 43.1 Å². The van der Waals surface area contributed by atoms with Crippen LogP contribution in [0.3, 0.4) is 0 Å². The lowest BCUT2D eigenvalue weighted by Gasteiger charge is -2.25. The predicted molar refractivity (Wildman–Crippen MR) is 95.5 cm³/mol. The number of carboxylic acids is 1. The Balaban J connectivity index is 1.40. The van der Waals surface area contributed by atoms with Gasteiger partial charge in [-0.15, -0.1) is 0 Å². The number of aromatic nitrogens is 3. The molecule has 1 amide bonds. The Labute approximate surface area is 151 Å². The zero-order valence-corrected chi connectivity index (χ0v) is 14.4. The average molecular weight is 354 g/mol. The second-order valence-electron chi connectivity index (χ2n) is 7.28. The Morgan fingerprint density at radius 2 is 1.81 bits per heavy atom. The van der Waals surface area contributed by atoms with Crippen LogP contribution in [-0.4, -0.2) is 32.2 Å². The molecule has 1 aromatic carbocycles. The van der Waals surface area contributed by atoms with E-state index in [2.05, 4.69) is 20.5 Å². The maximum Gasteiger partial charge on any atom is 0.306 e. The van der Waals surface area contributed by atoms with Crippen LogP contribution in [-0.2, 0) is 9.59 Å². The Bertz CT molecular complexity index is 820. The van der Waals surface area contributed by atoms with Gasteiger partial charge in [0.25, 0.3) is 0 Å². The topological polar surface area (TPSA) is 108 Å². The van der Waals surface area contributed by atoms with Crippen molar-refractivity contribution in [2.75, 3.05) is 5.32 Å². The largest absolute Gasteiger partial charge is 0.481 e. The lowest BCUT2D eigenvalue weighted by molar-refractivity contribution is -0.143. The van der Waals surface area contributed by atoms with Crippen LogP contribution in [0.4, 0.5) is 5.69 Å². The van der Waals surface area contributed by atoms with E-state index in [0.717, 1.165) is 24.2 Å². The van der Waals surface area contributed by atoms with Gasteiger partial charge >= 0.3 is 5.97 Å². The zero-order valence-electron chi connectivity index (χ0n) is 14.4. The number of carbonyl (C=O) groups is 2. The molecule has 0 spiro atoms. The van der Waals surface area contributed by atoms with Crippen LogP contribution in [0.15, 0.2) is 24.3 Å². The Hall–Kier alpha value is -2.70. The molecule has 2 saturated carbocycles. The lowest BCUT2D eigenvalue weighted by atomic mass is 9.81. The molecule has 0 unspecified atom stereocenters. The molecule has 26 heavy (non-hydrogen) atoms. The number of benzene rings is 1. The van der Waals surface area contributed by atoms with E-state index in [1.807, 2.05) is 24.3 Å². The predicted octanol–water partition coefficient (Wildman–Crippen LogP) is 3.18. The summed E-state index contributed by atoms with van der Waals surface area (Å²) in [6, 6.07) is 7.52. The summed E-state index contributed by atoms with van der Waals surface area (Å²) in [5.41, 5.74) is 1.58. The summed E-state index contributed by atoms with van der Waals surface area (Å²) in [7, 11) is 0. The van der Waals surface area contributed by atoms with Gasteiger partial charge in [-0.1, -0.05) is 12.1 Å². The fourth-order valence-electron chi connectivity index (χ4n) is 3.53. The second kappa shape index (κ2) is 6.90. The quantitative estimate of drug-likeness (QED) is 0.764. The minimum Gasteiger partial charge on any atom is -0.481 e. The highest BCUT2D eigenvalue weighted by molar-refractivity contribution is 5.93. The molecule has 2 fully saturated rings. The summed E-state index contributed by atoms with van der Waals surface area (Å²) in [6.45, 7) is 0. The minimum atomic E-state index is -0.756. The number of H-pyrrole nitrogens is 1. The van der Waals surface area contributed by atoms with Gasteiger partial charge in [0, 0.05) is 23.1 Å². The molecule has 0 saturated heterocycles. The normalized spacial score (nSPS) is 22.8. The van der Waals surface area contributed by atoms with Crippen molar-refractivity contribution in [3.8, 4) is 11.4 Å². The number of aliphatic carboxylic acids is 1. The summed E-state index contributed by atoms with van der Waals surface area (Å²) in [4.78, 5) is 28.1. The Morgan fingerprint density at radius 1 is 1.08 bits per heavy atom. The number of hydrogen-bond acceptors (Lipinski definition) is 4. The van der Waals surface area contributed by atoms with Gasteiger partial charge < -0.3 is 10.4 Å². The molecule has 2 aromatic rings. The molecule has 0 radical (unpaired) electrons. The van der Waals surface area contributed by atoms with E-state index in [1.54, 1.807) is 0 Å². The molecule has 2 aliphatic carbocycles. The first-order valence-electron chi connectivity index (χ1n) is 9.16. The number of carboxylic acid groups (broad SMARTS) is 1. The summed E-state index contributed by atoms with van der Waals surface area (Å²) in [5.74, 6) is 0.857. The number of nitrogens with one attached hydrogen (secondary N) is 2. The van der Waals surface area contributed by atoms with E-state index < -0.39 is 5.97 Å². The summed E-state index contributed by atoms with van der Waals surface area (Å²) in [6.07, 6.45) is 4.69. The van der Waals surface area contributed by atoms with Gasteiger partial charge in [-0.05, 0) is 50.7 Å². The van der Waals surface area contributed by atoms with Gasteiger partial charge in [-0.25, -0.2) is 4.98 Å². The van der Waals surface area contributed by atoms with E-state index in [4.69, 9.17) is 5.11 Å². The third kappa shape index (κ3) is 3.61.